The van der Waals surface area contributed by atoms with Crippen molar-refractivity contribution in [1.29, 1.82) is 0 Å². The molecule has 0 heterocycles. The van der Waals surface area contributed by atoms with Gasteiger partial charge in [0.05, 0.1) is 0 Å². The molecule has 1 N–H and O–H groups in total. The standard InChI is InChI=1S/C13H15N/c1-10-5-3-8-13-11(9-14-2)6-4-7-12(10)13/h3-8,14H,9H2,1-2H3. The Labute approximate surface area is 84.8 Å². The molecule has 0 aliphatic heterocycles. The highest BCUT2D eigenvalue weighted by Crippen LogP contribution is 2.21. The van der Waals surface area contributed by atoms with Gasteiger partial charge in [-0.15, -0.1) is 0 Å². The summed E-state index contributed by atoms with van der Waals surface area (Å²) in [7, 11) is 1.98. The summed E-state index contributed by atoms with van der Waals surface area (Å²) in [6.07, 6.45) is 0. The number of hydrogen-bond donors (Lipinski definition) is 1. The fourth-order valence-corrected chi connectivity index (χ4v) is 1.88. The van der Waals surface area contributed by atoms with E-state index in [1.165, 1.54) is 21.9 Å². The number of benzene rings is 2. The van der Waals surface area contributed by atoms with Gasteiger partial charge >= 0.3 is 0 Å². The van der Waals surface area contributed by atoms with Crippen LogP contribution in [0.2, 0.25) is 0 Å². The summed E-state index contributed by atoms with van der Waals surface area (Å²) < 4.78 is 0. The Kier molecular flexibility index (Phi) is 2.51. The second-order valence-electron chi connectivity index (χ2n) is 3.62. The Balaban J connectivity index is 2.68. The molecule has 2 aromatic rings. The Hall–Kier alpha value is -1.34. The zero-order valence-corrected chi connectivity index (χ0v) is 8.67. The van der Waals surface area contributed by atoms with Gasteiger partial charge in [-0.3, -0.25) is 0 Å². The van der Waals surface area contributed by atoms with E-state index < -0.39 is 0 Å². The van der Waals surface area contributed by atoms with E-state index in [2.05, 4.69) is 48.6 Å². The average molecular weight is 185 g/mol. The molecule has 2 rings (SSSR count). The van der Waals surface area contributed by atoms with Crippen molar-refractivity contribution >= 4 is 10.8 Å². The molecule has 0 amide bonds. The molecular formula is C13H15N. The minimum atomic E-state index is 0.931. The normalized spacial score (nSPS) is 10.7. The van der Waals surface area contributed by atoms with Crippen molar-refractivity contribution in [3.63, 3.8) is 0 Å². The van der Waals surface area contributed by atoms with Gasteiger partial charge in [0.2, 0.25) is 0 Å². The molecule has 0 radical (unpaired) electrons. The fourth-order valence-electron chi connectivity index (χ4n) is 1.88. The molecule has 0 bridgehead atoms. The number of rotatable bonds is 2. The van der Waals surface area contributed by atoms with Crippen LogP contribution in [-0.2, 0) is 6.54 Å². The van der Waals surface area contributed by atoms with Crippen LogP contribution >= 0.6 is 0 Å². The minimum absolute atomic E-state index is 0.931. The minimum Gasteiger partial charge on any atom is -0.316 e. The van der Waals surface area contributed by atoms with Gasteiger partial charge in [-0.1, -0.05) is 36.4 Å². The second-order valence-corrected chi connectivity index (χ2v) is 3.62. The molecule has 14 heavy (non-hydrogen) atoms. The maximum atomic E-state index is 3.20. The first-order valence-electron chi connectivity index (χ1n) is 4.95. The number of hydrogen-bond acceptors (Lipinski definition) is 1. The fraction of sp³-hybridized carbons (Fsp3) is 0.231. The summed E-state index contributed by atoms with van der Waals surface area (Å²) >= 11 is 0. The van der Waals surface area contributed by atoms with Gasteiger partial charge in [0.15, 0.2) is 0 Å². The van der Waals surface area contributed by atoms with Crippen molar-refractivity contribution in [3.05, 3.63) is 47.5 Å². The molecule has 0 spiro atoms. The lowest BCUT2D eigenvalue weighted by atomic mass is 10.0. The van der Waals surface area contributed by atoms with E-state index in [0.717, 1.165) is 6.54 Å². The van der Waals surface area contributed by atoms with Gasteiger partial charge in [0.25, 0.3) is 0 Å². The van der Waals surface area contributed by atoms with Crippen molar-refractivity contribution in [2.45, 2.75) is 13.5 Å². The van der Waals surface area contributed by atoms with E-state index >= 15 is 0 Å². The SMILES string of the molecule is CNCc1cccc2c(C)cccc12. The lowest BCUT2D eigenvalue weighted by Crippen LogP contribution is -2.05. The quantitative estimate of drug-likeness (QED) is 0.758. The molecule has 0 saturated heterocycles. The molecular weight excluding hydrogens is 170 g/mol. The third-order valence-electron chi connectivity index (χ3n) is 2.60. The van der Waals surface area contributed by atoms with Crippen LogP contribution in [0.25, 0.3) is 10.8 Å². The van der Waals surface area contributed by atoms with Gasteiger partial charge in [-0.2, -0.15) is 0 Å². The van der Waals surface area contributed by atoms with Crippen molar-refractivity contribution < 1.29 is 0 Å². The molecule has 72 valence electrons. The van der Waals surface area contributed by atoms with Crippen LogP contribution in [0.1, 0.15) is 11.1 Å². The Bertz CT molecular complexity index is 446. The first-order valence-corrected chi connectivity index (χ1v) is 4.95. The summed E-state index contributed by atoms with van der Waals surface area (Å²) in [5, 5.41) is 5.92. The molecule has 1 nitrogen and oxygen atoms in total. The summed E-state index contributed by atoms with van der Waals surface area (Å²) in [5.41, 5.74) is 2.72. The predicted molar refractivity (Wildman–Crippen MR) is 61.4 cm³/mol. The van der Waals surface area contributed by atoms with Crippen molar-refractivity contribution in [2.24, 2.45) is 0 Å². The molecule has 0 aliphatic rings. The largest absolute Gasteiger partial charge is 0.316 e. The summed E-state index contributed by atoms with van der Waals surface area (Å²) in [4.78, 5) is 0. The van der Waals surface area contributed by atoms with Crippen LogP contribution < -0.4 is 5.32 Å². The summed E-state index contributed by atoms with van der Waals surface area (Å²) in [6, 6.07) is 13.0. The zero-order chi connectivity index (χ0) is 9.97. The van der Waals surface area contributed by atoms with E-state index in [1.54, 1.807) is 0 Å². The van der Waals surface area contributed by atoms with Crippen molar-refractivity contribution in [3.8, 4) is 0 Å². The summed E-state index contributed by atoms with van der Waals surface area (Å²) in [5.74, 6) is 0. The van der Waals surface area contributed by atoms with Crippen LogP contribution in [0, 0.1) is 6.92 Å². The maximum absolute atomic E-state index is 3.20. The van der Waals surface area contributed by atoms with Crippen molar-refractivity contribution in [1.82, 2.24) is 5.32 Å². The molecule has 0 atom stereocenters. The summed E-state index contributed by atoms with van der Waals surface area (Å²) in [6.45, 7) is 3.09. The van der Waals surface area contributed by atoms with E-state index in [4.69, 9.17) is 0 Å². The third kappa shape index (κ3) is 1.51. The van der Waals surface area contributed by atoms with Gasteiger partial charge in [-0.25, -0.2) is 0 Å². The Morgan fingerprint density at radius 1 is 1.00 bits per heavy atom. The van der Waals surface area contributed by atoms with Gasteiger partial charge < -0.3 is 5.32 Å². The zero-order valence-electron chi connectivity index (χ0n) is 8.67. The molecule has 2 aromatic carbocycles. The number of fused-ring (bicyclic) bond motifs is 1. The monoisotopic (exact) mass is 185 g/mol. The lowest BCUT2D eigenvalue weighted by Gasteiger charge is -2.07. The molecule has 0 saturated carbocycles. The maximum Gasteiger partial charge on any atom is 0.0208 e. The van der Waals surface area contributed by atoms with Gasteiger partial charge in [0.1, 0.15) is 0 Å². The number of aryl methyl sites for hydroxylation is 1. The van der Waals surface area contributed by atoms with E-state index in [9.17, 15) is 0 Å². The molecule has 1 heteroatoms. The number of nitrogens with one attached hydrogen (secondary N) is 1. The topological polar surface area (TPSA) is 12.0 Å². The molecule has 0 aliphatic carbocycles. The van der Waals surface area contributed by atoms with Crippen LogP contribution in [0.4, 0.5) is 0 Å². The highest BCUT2D eigenvalue weighted by Gasteiger charge is 2.00. The molecule has 0 fully saturated rings. The predicted octanol–water partition coefficient (Wildman–Crippen LogP) is 2.87. The smallest absolute Gasteiger partial charge is 0.0208 e. The molecule has 0 aromatic heterocycles. The lowest BCUT2D eigenvalue weighted by molar-refractivity contribution is 0.823. The average Bonchev–Trinajstić information content (AvgIpc) is 2.20. The van der Waals surface area contributed by atoms with Crippen LogP contribution in [-0.4, -0.2) is 7.05 Å². The second kappa shape index (κ2) is 3.81. The van der Waals surface area contributed by atoms with E-state index in [0.29, 0.717) is 0 Å². The van der Waals surface area contributed by atoms with E-state index in [1.807, 2.05) is 7.05 Å². The van der Waals surface area contributed by atoms with Crippen LogP contribution in [0.3, 0.4) is 0 Å². The van der Waals surface area contributed by atoms with Crippen LogP contribution in [0.5, 0.6) is 0 Å². The van der Waals surface area contributed by atoms with Gasteiger partial charge in [-0.05, 0) is 35.9 Å². The highest BCUT2D eigenvalue weighted by atomic mass is 14.8. The molecule has 0 unspecified atom stereocenters. The first-order chi connectivity index (χ1) is 6.83. The highest BCUT2D eigenvalue weighted by molar-refractivity contribution is 5.88. The van der Waals surface area contributed by atoms with Crippen LogP contribution in [0.15, 0.2) is 36.4 Å². The van der Waals surface area contributed by atoms with Crippen molar-refractivity contribution in [2.75, 3.05) is 7.05 Å². The third-order valence-corrected chi connectivity index (χ3v) is 2.60. The first kappa shape index (κ1) is 9.22. The Morgan fingerprint density at radius 3 is 2.50 bits per heavy atom. The van der Waals surface area contributed by atoms with Gasteiger partial charge in [0, 0.05) is 6.54 Å². The van der Waals surface area contributed by atoms with E-state index in [-0.39, 0.29) is 0 Å². The Morgan fingerprint density at radius 2 is 1.71 bits per heavy atom.